The lowest BCUT2D eigenvalue weighted by Crippen LogP contribution is -2.33. The molecular formula is C19H20ClN5O. The molecule has 3 aromatic rings. The maximum Gasteiger partial charge on any atom is 0.285 e. The molecule has 26 heavy (non-hydrogen) atoms. The first-order chi connectivity index (χ1) is 12.5. The number of aromatic amines is 1. The van der Waals surface area contributed by atoms with Crippen LogP contribution in [0, 0.1) is 13.8 Å². The Labute approximate surface area is 156 Å². The van der Waals surface area contributed by atoms with Gasteiger partial charge < -0.3 is 9.47 Å². The molecule has 1 N–H and O–H groups in total. The normalized spacial score (nSPS) is 13.7. The van der Waals surface area contributed by atoms with Crippen molar-refractivity contribution in [1.82, 2.24) is 19.7 Å². The Morgan fingerprint density at radius 1 is 1.27 bits per heavy atom. The molecule has 4 rings (SSSR count). The van der Waals surface area contributed by atoms with E-state index in [0.29, 0.717) is 12.2 Å². The first-order valence-corrected chi connectivity index (χ1v) is 8.98. The molecule has 6 nitrogen and oxygen atoms in total. The second-order valence-corrected chi connectivity index (χ2v) is 7.08. The van der Waals surface area contributed by atoms with Gasteiger partial charge in [0.1, 0.15) is 5.02 Å². The van der Waals surface area contributed by atoms with E-state index in [2.05, 4.69) is 56.7 Å². The summed E-state index contributed by atoms with van der Waals surface area (Å²) < 4.78 is 2.20. The van der Waals surface area contributed by atoms with Crippen LogP contribution in [0.3, 0.4) is 0 Å². The Hall–Kier alpha value is -2.60. The van der Waals surface area contributed by atoms with Crippen molar-refractivity contribution in [2.75, 3.05) is 11.4 Å². The van der Waals surface area contributed by atoms with Crippen LogP contribution in [0.5, 0.6) is 0 Å². The molecule has 0 bridgehead atoms. The van der Waals surface area contributed by atoms with Crippen LogP contribution < -0.4 is 10.5 Å². The van der Waals surface area contributed by atoms with Crippen LogP contribution in [0.2, 0.25) is 5.02 Å². The van der Waals surface area contributed by atoms with Gasteiger partial charge in [-0.25, -0.2) is 10.1 Å². The number of imidazole rings is 1. The van der Waals surface area contributed by atoms with E-state index in [0.717, 1.165) is 30.9 Å². The monoisotopic (exact) mass is 369 g/mol. The average molecular weight is 370 g/mol. The molecule has 134 valence electrons. The number of fused-ring (bicyclic) bond motifs is 1. The molecule has 0 radical (unpaired) electrons. The summed E-state index contributed by atoms with van der Waals surface area (Å²) in [5.41, 5.74) is 6.46. The quantitative estimate of drug-likeness (QED) is 0.771. The summed E-state index contributed by atoms with van der Waals surface area (Å²) in [5.74, 6) is 0. The molecule has 0 spiro atoms. The molecule has 0 saturated carbocycles. The lowest BCUT2D eigenvalue weighted by molar-refractivity contribution is 0.653. The average Bonchev–Trinajstić information content (AvgIpc) is 3.03. The number of aromatic nitrogens is 4. The zero-order valence-corrected chi connectivity index (χ0v) is 15.5. The smallest absolute Gasteiger partial charge is 0.285 e. The van der Waals surface area contributed by atoms with Gasteiger partial charge in [-0.15, -0.1) is 0 Å². The molecule has 2 aromatic heterocycles. The Kier molecular flexibility index (Phi) is 4.28. The lowest BCUT2D eigenvalue weighted by atomic mass is 10.0. The summed E-state index contributed by atoms with van der Waals surface area (Å²) in [6, 6.07) is 6.36. The molecule has 1 aliphatic rings. The number of aryl methyl sites for hydroxylation is 2. The Morgan fingerprint density at radius 2 is 2.04 bits per heavy atom. The molecule has 1 aromatic carbocycles. The van der Waals surface area contributed by atoms with Gasteiger partial charge in [0.15, 0.2) is 0 Å². The largest absolute Gasteiger partial charge is 0.363 e. The highest BCUT2D eigenvalue weighted by Gasteiger charge is 2.24. The van der Waals surface area contributed by atoms with Gasteiger partial charge in [-0.1, -0.05) is 29.8 Å². The van der Waals surface area contributed by atoms with E-state index >= 15 is 0 Å². The van der Waals surface area contributed by atoms with Crippen LogP contribution in [-0.2, 0) is 19.5 Å². The molecule has 0 aliphatic carbocycles. The highest BCUT2D eigenvalue weighted by Crippen LogP contribution is 2.28. The summed E-state index contributed by atoms with van der Waals surface area (Å²) in [5, 5.41) is 6.44. The molecule has 0 unspecified atom stereocenters. The highest BCUT2D eigenvalue weighted by molar-refractivity contribution is 6.32. The maximum atomic E-state index is 11.8. The Balaban J connectivity index is 1.67. The fraction of sp³-hybridized carbons (Fsp3) is 0.316. The first-order valence-electron chi connectivity index (χ1n) is 8.60. The third-order valence-electron chi connectivity index (χ3n) is 5.08. The summed E-state index contributed by atoms with van der Waals surface area (Å²) in [6.45, 7) is 6.48. The van der Waals surface area contributed by atoms with E-state index < -0.39 is 0 Å². The summed E-state index contributed by atoms with van der Waals surface area (Å²) >= 11 is 6.19. The number of benzene rings is 1. The minimum atomic E-state index is -0.362. The van der Waals surface area contributed by atoms with Crippen LogP contribution in [0.15, 0.2) is 35.5 Å². The van der Waals surface area contributed by atoms with Gasteiger partial charge in [0.25, 0.3) is 5.56 Å². The van der Waals surface area contributed by atoms with E-state index in [-0.39, 0.29) is 10.6 Å². The van der Waals surface area contributed by atoms with Crippen molar-refractivity contribution in [2.45, 2.75) is 33.4 Å². The third-order valence-corrected chi connectivity index (χ3v) is 5.45. The number of hydrogen-bond acceptors (Lipinski definition) is 4. The fourth-order valence-electron chi connectivity index (χ4n) is 3.55. The Morgan fingerprint density at radius 3 is 2.81 bits per heavy atom. The minimum absolute atomic E-state index is 0.185. The van der Waals surface area contributed by atoms with E-state index in [4.69, 9.17) is 11.6 Å². The van der Waals surface area contributed by atoms with Gasteiger partial charge >= 0.3 is 0 Å². The van der Waals surface area contributed by atoms with Crippen molar-refractivity contribution in [3.8, 4) is 0 Å². The van der Waals surface area contributed by atoms with Crippen molar-refractivity contribution < 1.29 is 0 Å². The van der Waals surface area contributed by atoms with Crippen molar-refractivity contribution >= 4 is 17.3 Å². The van der Waals surface area contributed by atoms with E-state index in [1.54, 1.807) is 6.20 Å². The van der Waals surface area contributed by atoms with Gasteiger partial charge in [0.2, 0.25) is 0 Å². The molecule has 1 aliphatic heterocycles. The molecular weight excluding hydrogens is 350 g/mol. The maximum absolute atomic E-state index is 11.8. The number of nitrogens with one attached hydrogen (secondary N) is 1. The van der Waals surface area contributed by atoms with Crippen LogP contribution in [0.4, 0.5) is 5.69 Å². The predicted molar refractivity (Wildman–Crippen MR) is 102 cm³/mol. The van der Waals surface area contributed by atoms with Crippen LogP contribution in [0.1, 0.15) is 28.1 Å². The number of halogens is 1. The van der Waals surface area contributed by atoms with E-state index in [1.165, 1.54) is 16.7 Å². The topological polar surface area (TPSA) is 66.8 Å². The molecule has 3 heterocycles. The number of anilines is 1. The van der Waals surface area contributed by atoms with Crippen molar-refractivity contribution in [1.29, 1.82) is 0 Å². The summed E-state index contributed by atoms with van der Waals surface area (Å²) in [7, 11) is 0. The second kappa shape index (κ2) is 6.61. The third kappa shape index (κ3) is 2.90. The van der Waals surface area contributed by atoms with Crippen LogP contribution >= 0.6 is 11.6 Å². The highest BCUT2D eigenvalue weighted by atomic mass is 35.5. The van der Waals surface area contributed by atoms with Gasteiger partial charge in [-0.2, -0.15) is 5.10 Å². The van der Waals surface area contributed by atoms with Crippen molar-refractivity contribution in [2.24, 2.45) is 0 Å². The molecule has 0 amide bonds. The standard InChI is InChI=1S/C19H20ClN5O/c1-12-4-3-5-13(2)14(12)9-25-11-21-15-6-7-24(10-17(15)25)16-8-22-23-19(26)18(16)20/h3-5,8,11H,6-7,9-10H2,1-2H3,(H,23,26). The van der Waals surface area contributed by atoms with Gasteiger partial charge in [0, 0.05) is 19.5 Å². The zero-order chi connectivity index (χ0) is 18.3. The number of nitrogens with zero attached hydrogens (tertiary/aromatic N) is 4. The van der Waals surface area contributed by atoms with Gasteiger partial charge in [-0.3, -0.25) is 4.79 Å². The Bertz CT molecular complexity index is 1000. The first kappa shape index (κ1) is 16.8. The SMILES string of the molecule is Cc1cccc(C)c1Cn1cnc2c1CN(c1cn[nH]c(=O)c1Cl)CC2. The van der Waals surface area contributed by atoms with Crippen molar-refractivity contribution in [3.05, 3.63) is 74.2 Å². The number of hydrogen-bond donors (Lipinski definition) is 1. The molecule has 0 atom stereocenters. The van der Waals surface area contributed by atoms with Crippen LogP contribution in [-0.4, -0.2) is 26.3 Å². The van der Waals surface area contributed by atoms with E-state index in [9.17, 15) is 4.79 Å². The van der Waals surface area contributed by atoms with Gasteiger partial charge in [0.05, 0.1) is 36.1 Å². The van der Waals surface area contributed by atoms with Crippen LogP contribution in [0.25, 0.3) is 0 Å². The van der Waals surface area contributed by atoms with Crippen molar-refractivity contribution in [3.63, 3.8) is 0 Å². The fourth-order valence-corrected chi connectivity index (χ4v) is 3.76. The van der Waals surface area contributed by atoms with Gasteiger partial charge in [-0.05, 0) is 30.5 Å². The lowest BCUT2D eigenvalue weighted by Gasteiger charge is -2.29. The number of H-pyrrole nitrogens is 1. The molecule has 7 heteroatoms. The van der Waals surface area contributed by atoms with E-state index in [1.807, 2.05) is 6.33 Å². The molecule has 0 saturated heterocycles. The second-order valence-electron chi connectivity index (χ2n) is 6.71. The zero-order valence-electron chi connectivity index (χ0n) is 14.8. The molecule has 0 fully saturated rings. The predicted octanol–water partition coefficient (Wildman–Crippen LogP) is 2.85. The summed E-state index contributed by atoms with van der Waals surface area (Å²) in [4.78, 5) is 18.5. The minimum Gasteiger partial charge on any atom is -0.363 e. The number of rotatable bonds is 3. The summed E-state index contributed by atoms with van der Waals surface area (Å²) in [6.07, 6.45) is 4.34.